The lowest BCUT2D eigenvalue weighted by atomic mass is 10.4. The van der Waals surface area contributed by atoms with E-state index in [-0.39, 0.29) is 24.3 Å². The van der Waals surface area contributed by atoms with Crippen LogP contribution in [0.4, 0.5) is 0 Å². The van der Waals surface area contributed by atoms with Crippen LogP contribution in [0.1, 0.15) is 12.8 Å². The van der Waals surface area contributed by atoms with E-state index in [2.05, 4.69) is 10.6 Å². The summed E-state index contributed by atoms with van der Waals surface area (Å²) in [4.78, 5) is 22.3. The number of carbonyl (C=O) groups is 2. The lowest BCUT2D eigenvalue weighted by molar-refractivity contribution is -0.126. The van der Waals surface area contributed by atoms with Crippen LogP contribution < -0.4 is 16.4 Å². The Morgan fingerprint density at radius 1 is 1.25 bits per heavy atom. The van der Waals surface area contributed by atoms with Gasteiger partial charge < -0.3 is 21.1 Å². The van der Waals surface area contributed by atoms with Crippen LogP contribution in [0.15, 0.2) is 0 Å². The molecule has 1 aliphatic rings. The zero-order valence-corrected chi connectivity index (χ0v) is 9.33. The van der Waals surface area contributed by atoms with E-state index in [0.29, 0.717) is 26.2 Å². The predicted molar refractivity (Wildman–Crippen MR) is 58.6 cm³/mol. The van der Waals surface area contributed by atoms with E-state index in [0.717, 1.165) is 12.8 Å². The number of hydrogen-bond acceptors (Lipinski definition) is 4. The van der Waals surface area contributed by atoms with Gasteiger partial charge in [0.1, 0.15) is 6.61 Å². The zero-order valence-electron chi connectivity index (χ0n) is 9.33. The Bertz CT molecular complexity index is 241. The molecule has 6 nitrogen and oxygen atoms in total. The number of carbonyl (C=O) groups excluding carboxylic acids is 2. The van der Waals surface area contributed by atoms with Crippen LogP contribution in [0.5, 0.6) is 0 Å². The Balaban J connectivity index is 1.89. The number of nitrogens with two attached hydrogens (primary N) is 1. The van der Waals surface area contributed by atoms with Crippen LogP contribution >= 0.6 is 0 Å². The number of rotatable bonds is 8. The quantitative estimate of drug-likeness (QED) is 0.446. The summed E-state index contributed by atoms with van der Waals surface area (Å²) in [5.41, 5.74) is 5.20. The normalized spacial score (nSPS) is 14.6. The molecule has 6 heteroatoms. The van der Waals surface area contributed by atoms with Crippen molar-refractivity contribution in [2.24, 2.45) is 11.7 Å². The van der Waals surface area contributed by atoms with Gasteiger partial charge in [0, 0.05) is 25.6 Å². The van der Waals surface area contributed by atoms with Gasteiger partial charge in [-0.05, 0) is 12.8 Å². The minimum Gasteiger partial charge on any atom is -0.370 e. The summed E-state index contributed by atoms with van der Waals surface area (Å²) in [5, 5.41) is 5.39. The molecule has 2 amide bonds. The van der Waals surface area contributed by atoms with Crippen LogP contribution in [0, 0.1) is 5.92 Å². The summed E-state index contributed by atoms with van der Waals surface area (Å²) >= 11 is 0. The molecular formula is C10H19N3O3. The van der Waals surface area contributed by atoms with Gasteiger partial charge in [0.05, 0.1) is 6.61 Å². The van der Waals surface area contributed by atoms with E-state index in [1.165, 1.54) is 0 Å². The molecule has 1 rings (SSSR count). The van der Waals surface area contributed by atoms with Gasteiger partial charge in [-0.15, -0.1) is 0 Å². The second kappa shape index (κ2) is 7.19. The SMILES string of the molecule is NCCOCC(=O)NCCNC(=O)C1CC1. The molecule has 0 atom stereocenters. The fourth-order valence-electron chi connectivity index (χ4n) is 1.18. The molecule has 0 aromatic rings. The van der Waals surface area contributed by atoms with Crippen molar-refractivity contribution in [2.45, 2.75) is 12.8 Å². The molecule has 0 bridgehead atoms. The second-order valence-corrected chi connectivity index (χ2v) is 3.76. The molecule has 92 valence electrons. The van der Waals surface area contributed by atoms with Crippen molar-refractivity contribution in [1.82, 2.24) is 10.6 Å². The molecule has 0 unspecified atom stereocenters. The van der Waals surface area contributed by atoms with E-state index >= 15 is 0 Å². The first-order valence-electron chi connectivity index (χ1n) is 5.56. The topological polar surface area (TPSA) is 93.4 Å². The second-order valence-electron chi connectivity index (χ2n) is 3.76. The lowest BCUT2D eigenvalue weighted by Crippen LogP contribution is -2.37. The number of nitrogens with one attached hydrogen (secondary N) is 2. The molecule has 0 radical (unpaired) electrons. The van der Waals surface area contributed by atoms with Crippen molar-refractivity contribution in [3.8, 4) is 0 Å². The fourth-order valence-corrected chi connectivity index (χ4v) is 1.18. The molecule has 0 saturated heterocycles. The summed E-state index contributed by atoms with van der Waals surface area (Å²) < 4.78 is 4.95. The summed E-state index contributed by atoms with van der Waals surface area (Å²) in [7, 11) is 0. The van der Waals surface area contributed by atoms with Crippen molar-refractivity contribution in [2.75, 3.05) is 32.8 Å². The predicted octanol–water partition coefficient (Wildman–Crippen LogP) is -1.40. The number of ether oxygens (including phenoxy) is 1. The lowest BCUT2D eigenvalue weighted by Gasteiger charge is -2.06. The minimum absolute atomic E-state index is 0.0216. The first-order chi connectivity index (χ1) is 7.74. The summed E-state index contributed by atoms with van der Waals surface area (Å²) in [6, 6.07) is 0. The Morgan fingerprint density at radius 2 is 1.94 bits per heavy atom. The minimum atomic E-state index is -0.186. The molecule has 1 fully saturated rings. The summed E-state index contributed by atoms with van der Waals surface area (Å²) in [6.45, 7) is 1.71. The van der Waals surface area contributed by atoms with Gasteiger partial charge in [0.15, 0.2) is 0 Å². The van der Waals surface area contributed by atoms with Gasteiger partial charge >= 0.3 is 0 Å². The molecule has 1 saturated carbocycles. The summed E-state index contributed by atoms with van der Waals surface area (Å²) in [6.07, 6.45) is 1.98. The highest BCUT2D eigenvalue weighted by Gasteiger charge is 2.28. The van der Waals surface area contributed by atoms with Crippen LogP contribution in [-0.2, 0) is 14.3 Å². The van der Waals surface area contributed by atoms with Gasteiger partial charge in [0.25, 0.3) is 0 Å². The fraction of sp³-hybridized carbons (Fsp3) is 0.800. The van der Waals surface area contributed by atoms with Gasteiger partial charge in [-0.25, -0.2) is 0 Å². The largest absolute Gasteiger partial charge is 0.370 e. The molecule has 0 aromatic heterocycles. The van der Waals surface area contributed by atoms with Crippen molar-refractivity contribution >= 4 is 11.8 Å². The van der Waals surface area contributed by atoms with Crippen molar-refractivity contribution in [3.05, 3.63) is 0 Å². The highest BCUT2D eigenvalue weighted by atomic mass is 16.5. The van der Waals surface area contributed by atoms with Crippen molar-refractivity contribution in [3.63, 3.8) is 0 Å². The average molecular weight is 229 g/mol. The highest BCUT2D eigenvalue weighted by Crippen LogP contribution is 2.28. The molecule has 16 heavy (non-hydrogen) atoms. The molecule has 0 aromatic carbocycles. The van der Waals surface area contributed by atoms with Crippen LogP contribution in [0.25, 0.3) is 0 Å². The van der Waals surface area contributed by atoms with Gasteiger partial charge in [-0.1, -0.05) is 0 Å². The highest BCUT2D eigenvalue weighted by molar-refractivity contribution is 5.81. The van der Waals surface area contributed by atoms with E-state index in [1.807, 2.05) is 0 Å². The first kappa shape index (κ1) is 12.9. The molecule has 4 N–H and O–H groups in total. The Morgan fingerprint density at radius 3 is 2.56 bits per heavy atom. The number of hydrogen-bond donors (Lipinski definition) is 3. The summed E-state index contributed by atoms with van der Waals surface area (Å²) in [5.74, 6) is 0.117. The van der Waals surface area contributed by atoms with E-state index in [4.69, 9.17) is 10.5 Å². The number of amides is 2. The van der Waals surface area contributed by atoms with E-state index < -0.39 is 0 Å². The van der Waals surface area contributed by atoms with E-state index in [9.17, 15) is 9.59 Å². The zero-order chi connectivity index (χ0) is 11.8. The molecule has 0 spiro atoms. The molecule has 0 heterocycles. The third-order valence-electron chi connectivity index (χ3n) is 2.19. The monoisotopic (exact) mass is 229 g/mol. The van der Waals surface area contributed by atoms with Crippen molar-refractivity contribution < 1.29 is 14.3 Å². The maximum Gasteiger partial charge on any atom is 0.246 e. The molecular weight excluding hydrogens is 210 g/mol. The molecule has 0 aliphatic heterocycles. The Hall–Kier alpha value is -1.14. The average Bonchev–Trinajstić information content (AvgIpc) is 3.08. The first-order valence-corrected chi connectivity index (χ1v) is 5.56. The molecule has 1 aliphatic carbocycles. The van der Waals surface area contributed by atoms with Crippen molar-refractivity contribution in [1.29, 1.82) is 0 Å². The maximum atomic E-state index is 11.2. The van der Waals surface area contributed by atoms with Crippen LogP contribution in [0.3, 0.4) is 0 Å². The third-order valence-corrected chi connectivity index (χ3v) is 2.19. The smallest absolute Gasteiger partial charge is 0.246 e. The van der Waals surface area contributed by atoms with E-state index in [1.54, 1.807) is 0 Å². The van der Waals surface area contributed by atoms with Gasteiger partial charge in [0.2, 0.25) is 11.8 Å². The van der Waals surface area contributed by atoms with Crippen LogP contribution in [-0.4, -0.2) is 44.7 Å². The Labute approximate surface area is 94.9 Å². The van der Waals surface area contributed by atoms with Gasteiger partial charge in [-0.2, -0.15) is 0 Å². The third kappa shape index (κ3) is 5.67. The van der Waals surface area contributed by atoms with Crippen LogP contribution in [0.2, 0.25) is 0 Å². The maximum absolute atomic E-state index is 11.2. The Kier molecular flexibility index (Phi) is 5.81. The standard InChI is InChI=1S/C10H19N3O3/c11-3-6-16-7-9(14)12-4-5-13-10(15)8-1-2-8/h8H,1-7,11H2,(H,12,14)(H,13,15). The van der Waals surface area contributed by atoms with Gasteiger partial charge in [-0.3, -0.25) is 9.59 Å².